The average molecular weight is 124 g/mol. The van der Waals surface area contributed by atoms with Gasteiger partial charge in [-0.25, -0.2) is 0 Å². The normalized spacial score (nSPS) is 12.2. The molecule has 0 aromatic heterocycles. The predicted octanol–water partition coefficient (Wildman–Crippen LogP) is -0.634. The van der Waals surface area contributed by atoms with Gasteiger partial charge in [-0.15, -0.1) is 0 Å². The Morgan fingerprint density at radius 3 is 2.78 bits per heavy atom. The Morgan fingerprint density at radius 1 is 1.44 bits per heavy atom. The second kappa shape index (κ2) is 2.66. The number of benzene rings is 1. The van der Waals surface area contributed by atoms with E-state index < -0.39 is 7.12 Å². The molecule has 2 nitrogen and oxygen atoms in total. The average Bonchev–Trinajstić information content (AvgIpc) is 1.85. The van der Waals surface area contributed by atoms with Gasteiger partial charge < -0.3 is 10.0 Å². The van der Waals surface area contributed by atoms with Gasteiger partial charge in [0, 0.05) is 0 Å². The molecular formula is C6H7BO2. The zero-order chi connectivity index (χ0) is 8.43. The highest BCUT2D eigenvalue weighted by Gasteiger charge is 2.07. The molecule has 0 aliphatic rings. The number of rotatable bonds is 1. The van der Waals surface area contributed by atoms with Crippen LogP contribution in [0, 0.1) is 0 Å². The van der Waals surface area contributed by atoms with Crippen molar-refractivity contribution in [1.29, 1.82) is 0 Å². The fourth-order valence-corrected chi connectivity index (χ4v) is 0.520. The van der Waals surface area contributed by atoms with Gasteiger partial charge in [0.2, 0.25) is 0 Å². The fourth-order valence-electron chi connectivity index (χ4n) is 0.520. The van der Waals surface area contributed by atoms with Crippen molar-refractivity contribution < 1.29 is 12.8 Å². The molecule has 0 fully saturated rings. The minimum atomic E-state index is -1.62. The highest BCUT2D eigenvalue weighted by molar-refractivity contribution is 6.58. The Balaban J connectivity index is 3.09. The van der Waals surface area contributed by atoms with Crippen molar-refractivity contribution in [3.8, 4) is 0 Å². The van der Waals surface area contributed by atoms with Crippen LogP contribution in [0.5, 0.6) is 0 Å². The third-order valence-corrected chi connectivity index (χ3v) is 0.959. The first kappa shape index (κ1) is 4.09. The quantitative estimate of drug-likeness (QED) is 0.489. The third-order valence-electron chi connectivity index (χ3n) is 0.959. The van der Waals surface area contributed by atoms with E-state index in [2.05, 4.69) is 0 Å². The molecule has 0 aliphatic heterocycles. The summed E-state index contributed by atoms with van der Waals surface area (Å²) in [6.45, 7) is 0. The van der Waals surface area contributed by atoms with E-state index in [4.69, 9.17) is 12.8 Å². The molecule has 0 heterocycles. The lowest BCUT2D eigenvalue weighted by atomic mass is 9.81. The number of hydrogen-bond donors (Lipinski definition) is 2. The van der Waals surface area contributed by atoms with Gasteiger partial charge in [-0.05, 0) is 5.46 Å². The first-order valence-corrected chi connectivity index (χ1v) is 2.54. The van der Waals surface area contributed by atoms with Crippen molar-refractivity contribution in [3.05, 3.63) is 30.3 Å². The van der Waals surface area contributed by atoms with Crippen LogP contribution < -0.4 is 5.46 Å². The van der Waals surface area contributed by atoms with Gasteiger partial charge in [0.25, 0.3) is 0 Å². The maximum absolute atomic E-state index is 8.67. The van der Waals surface area contributed by atoms with Gasteiger partial charge in [-0.3, -0.25) is 0 Å². The van der Waals surface area contributed by atoms with Crippen LogP contribution in [0.2, 0.25) is 0 Å². The van der Waals surface area contributed by atoms with Crippen LogP contribution in [0.4, 0.5) is 0 Å². The van der Waals surface area contributed by atoms with Crippen molar-refractivity contribution in [2.24, 2.45) is 0 Å². The molecule has 46 valence electrons. The molecule has 1 aromatic carbocycles. The van der Waals surface area contributed by atoms with E-state index in [-0.39, 0.29) is 17.5 Å². The van der Waals surface area contributed by atoms with Crippen LogP contribution in [0.15, 0.2) is 30.3 Å². The number of hydrogen-bond acceptors (Lipinski definition) is 2. The van der Waals surface area contributed by atoms with Crippen molar-refractivity contribution in [3.63, 3.8) is 0 Å². The van der Waals surface area contributed by atoms with Gasteiger partial charge in [-0.2, -0.15) is 0 Å². The summed E-state index contributed by atoms with van der Waals surface area (Å²) in [6, 6.07) is 4.20. The summed E-state index contributed by atoms with van der Waals surface area (Å²) in [6.07, 6.45) is 0. The smallest absolute Gasteiger partial charge is 0.423 e. The SMILES string of the molecule is [2H]c1ccc(B(O)O)c([2H])c1. The van der Waals surface area contributed by atoms with E-state index in [0.29, 0.717) is 0 Å². The highest BCUT2D eigenvalue weighted by Crippen LogP contribution is 1.82. The van der Waals surface area contributed by atoms with Gasteiger partial charge in [0.15, 0.2) is 0 Å². The molecule has 0 aliphatic carbocycles. The van der Waals surface area contributed by atoms with Crippen LogP contribution in [-0.2, 0) is 0 Å². The lowest BCUT2D eigenvalue weighted by molar-refractivity contribution is 0.426. The molecular weight excluding hydrogens is 115 g/mol. The molecule has 0 spiro atoms. The second-order valence-electron chi connectivity index (χ2n) is 1.62. The van der Waals surface area contributed by atoms with E-state index in [9.17, 15) is 0 Å². The van der Waals surface area contributed by atoms with Crippen LogP contribution in [0.25, 0.3) is 0 Å². The predicted molar refractivity (Wildman–Crippen MR) is 36.3 cm³/mol. The van der Waals surface area contributed by atoms with E-state index in [0.717, 1.165) is 0 Å². The summed E-state index contributed by atoms with van der Waals surface area (Å²) in [7, 11) is -1.62. The topological polar surface area (TPSA) is 40.5 Å². The molecule has 1 aromatic rings. The summed E-state index contributed by atoms with van der Waals surface area (Å²) in [5.41, 5.74) is 0.126. The van der Waals surface area contributed by atoms with Gasteiger partial charge in [0.1, 0.15) is 0 Å². The standard InChI is InChI=1S/C6H7BO2/c8-7(9)6-4-2-1-3-5-6/h1-5,8-9H/i1D,4D. The first-order valence-electron chi connectivity index (χ1n) is 3.54. The largest absolute Gasteiger partial charge is 0.488 e. The molecule has 2 N–H and O–H groups in total. The van der Waals surface area contributed by atoms with Gasteiger partial charge in [-0.1, -0.05) is 30.3 Å². The summed E-state index contributed by atoms with van der Waals surface area (Å²) in [5, 5.41) is 17.3. The molecule has 3 heteroatoms. The van der Waals surface area contributed by atoms with Gasteiger partial charge >= 0.3 is 7.12 Å². The first-order chi connectivity index (χ1) is 5.11. The van der Waals surface area contributed by atoms with E-state index in [1.165, 1.54) is 18.2 Å². The van der Waals surface area contributed by atoms with Crippen molar-refractivity contribution in [1.82, 2.24) is 0 Å². The molecule has 0 saturated carbocycles. The summed E-state index contributed by atoms with van der Waals surface area (Å²) in [5.74, 6) is 0. The Bertz CT molecular complexity index is 265. The summed E-state index contributed by atoms with van der Waals surface area (Å²) in [4.78, 5) is 0. The molecule has 0 radical (unpaired) electrons. The minimum Gasteiger partial charge on any atom is -0.423 e. The Kier molecular flexibility index (Phi) is 1.21. The van der Waals surface area contributed by atoms with E-state index >= 15 is 0 Å². The zero-order valence-corrected chi connectivity index (χ0v) is 4.70. The van der Waals surface area contributed by atoms with E-state index in [1.807, 2.05) is 0 Å². The Labute approximate surface area is 56.7 Å². The van der Waals surface area contributed by atoms with Crippen LogP contribution in [0.3, 0.4) is 0 Å². The lowest BCUT2D eigenvalue weighted by Gasteiger charge is -1.94. The maximum Gasteiger partial charge on any atom is 0.488 e. The minimum absolute atomic E-state index is 0.0208. The molecule has 0 unspecified atom stereocenters. The fraction of sp³-hybridized carbons (Fsp3) is 0. The summed E-state index contributed by atoms with van der Waals surface area (Å²) < 4.78 is 14.3. The molecule has 1 rings (SSSR count). The van der Waals surface area contributed by atoms with Crippen LogP contribution >= 0.6 is 0 Å². The lowest BCUT2D eigenvalue weighted by Crippen LogP contribution is -2.29. The van der Waals surface area contributed by atoms with Crippen LogP contribution in [-0.4, -0.2) is 17.2 Å². The van der Waals surface area contributed by atoms with Crippen molar-refractivity contribution >= 4 is 12.6 Å². The van der Waals surface area contributed by atoms with Crippen molar-refractivity contribution in [2.75, 3.05) is 0 Å². The summed E-state index contributed by atoms with van der Waals surface area (Å²) >= 11 is 0. The second-order valence-corrected chi connectivity index (χ2v) is 1.62. The highest BCUT2D eigenvalue weighted by atomic mass is 16.4. The maximum atomic E-state index is 8.67. The molecule has 9 heavy (non-hydrogen) atoms. The van der Waals surface area contributed by atoms with Crippen molar-refractivity contribution in [2.45, 2.75) is 0 Å². The van der Waals surface area contributed by atoms with Crippen LogP contribution in [0.1, 0.15) is 2.74 Å². The third kappa shape index (κ3) is 1.55. The Morgan fingerprint density at radius 2 is 2.22 bits per heavy atom. The monoisotopic (exact) mass is 124 g/mol. The zero-order valence-electron chi connectivity index (χ0n) is 6.70. The molecule has 0 amide bonds. The van der Waals surface area contributed by atoms with Gasteiger partial charge in [0.05, 0.1) is 2.74 Å². The Hall–Kier alpha value is -0.795. The van der Waals surface area contributed by atoms with E-state index in [1.54, 1.807) is 0 Å². The molecule has 0 bridgehead atoms. The molecule has 0 atom stereocenters. The molecule has 0 saturated heterocycles.